The van der Waals surface area contributed by atoms with E-state index in [0.717, 1.165) is 31.0 Å². The fourth-order valence-corrected chi connectivity index (χ4v) is 4.47. The zero-order valence-electron chi connectivity index (χ0n) is 16.2. The number of aromatic nitrogens is 1. The smallest absolute Gasteiger partial charge is 0.272 e. The highest BCUT2D eigenvalue weighted by molar-refractivity contribution is 7.98. The molecule has 4 heteroatoms. The number of aryl methyl sites for hydroxylation is 2. The molecule has 0 saturated carbocycles. The number of hydrogen-bond acceptors (Lipinski definition) is 3. The average molecular weight is 369 g/mol. The van der Waals surface area contributed by atoms with Gasteiger partial charge in [-0.25, -0.2) is 4.98 Å². The first-order valence-corrected chi connectivity index (χ1v) is 10.3. The van der Waals surface area contributed by atoms with E-state index in [1.807, 2.05) is 23.1 Å². The van der Waals surface area contributed by atoms with Crippen LogP contribution in [-0.2, 0) is 5.75 Å². The quantitative estimate of drug-likeness (QED) is 0.691. The van der Waals surface area contributed by atoms with Crippen LogP contribution in [0, 0.1) is 19.3 Å². The number of amides is 1. The van der Waals surface area contributed by atoms with Crippen LogP contribution in [0.2, 0.25) is 0 Å². The van der Waals surface area contributed by atoms with Gasteiger partial charge in [0.15, 0.2) is 0 Å². The average Bonchev–Trinajstić information content (AvgIpc) is 2.60. The zero-order chi connectivity index (χ0) is 18.7. The van der Waals surface area contributed by atoms with Crippen LogP contribution < -0.4 is 0 Å². The van der Waals surface area contributed by atoms with Gasteiger partial charge in [-0.1, -0.05) is 37.6 Å². The Balaban J connectivity index is 1.68. The van der Waals surface area contributed by atoms with Gasteiger partial charge < -0.3 is 4.90 Å². The molecule has 0 N–H and O–H groups in total. The van der Waals surface area contributed by atoms with Crippen LogP contribution in [0.3, 0.4) is 0 Å². The van der Waals surface area contributed by atoms with E-state index in [2.05, 4.69) is 50.9 Å². The highest BCUT2D eigenvalue weighted by Gasteiger charge is 2.30. The molecule has 2 heterocycles. The maximum Gasteiger partial charge on any atom is 0.272 e. The molecule has 0 atom stereocenters. The van der Waals surface area contributed by atoms with Gasteiger partial charge in [-0.2, -0.15) is 0 Å². The minimum Gasteiger partial charge on any atom is -0.337 e. The third-order valence-corrected chi connectivity index (χ3v) is 6.13. The van der Waals surface area contributed by atoms with Gasteiger partial charge in [-0.05, 0) is 55.9 Å². The van der Waals surface area contributed by atoms with E-state index in [4.69, 9.17) is 0 Å². The first-order valence-electron chi connectivity index (χ1n) is 9.29. The molecule has 0 spiro atoms. The van der Waals surface area contributed by atoms with E-state index < -0.39 is 0 Å². The summed E-state index contributed by atoms with van der Waals surface area (Å²) in [6, 6.07) is 12.3. The summed E-state index contributed by atoms with van der Waals surface area (Å²) in [6.45, 7) is 10.4. The number of rotatable bonds is 4. The number of piperidine rings is 1. The number of hydrogen-bond donors (Lipinski definition) is 0. The molecule has 1 aromatic carbocycles. The van der Waals surface area contributed by atoms with Crippen LogP contribution in [0.1, 0.15) is 54.0 Å². The Morgan fingerprint density at radius 2 is 2.04 bits per heavy atom. The fourth-order valence-electron chi connectivity index (χ4n) is 3.55. The van der Waals surface area contributed by atoms with Crippen LogP contribution in [0.5, 0.6) is 0 Å². The maximum absolute atomic E-state index is 12.9. The van der Waals surface area contributed by atoms with Crippen LogP contribution in [0.25, 0.3) is 0 Å². The van der Waals surface area contributed by atoms with Crippen molar-refractivity contribution in [1.82, 2.24) is 9.88 Å². The summed E-state index contributed by atoms with van der Waals surface area (Å²) in [5.74, 6) is 0.840. The largest absolute Gasteiger partial charge is 0.337 e. The lowest BCUT2D eigenvalue weighted by Gasteiger charge is -2.37. The highest BCUT2D eigenvalue weighted by atomic mass is 32.2. The van der Waals surface area contributed by atoms with Crippen molar-refractivity contribution < 1.29 is 4.79 Å². The number of carbonyl (C=O) groups is 1. The summed E-state index contributed by atoms with van der Waals surface area (Å²) in [6.07, 6.45) is 2.25. The summed E-state index contributed by atoms with van der Waals surface area (Å²) in [5, 5.41) is 0. The molecule has 1 aliphatic rings. The Hall–Kier alpha value is -1.81. The minimum atomic E-state index is 0.0659. The third-order valence-electron chi connectivity index (χ3n) is 4.92. The van der Waals surface area contributed by atoms with E-state index in [1.165, 1.54) is 22.4 Å². The molecule has 0 unspecified atom stereocenters. The van der Waals surface area contributed by atoms with Crippen molar-refractivity contribution >= 4 is 17.7 Å². The topological polar surface area (TPSA) is 33.2 Å². The maximum atomic E-state index is 12.9. The van der Waals surface area contributed by atoms with Crippen LogP contribution in [-0.4, -0.2) is 28.9 Å². The molecule has 1 amide bonds. The molecule has 26 heavy (non-hydrogen) atoms. The van der Waals surface area contributed by atoms with Crippen LogP contribution in [0.4, 0.5) is 0 Å². The number of benzene rings is 1. The molecule has 0 radical (unpaired) electrons. The standard InChI is InChI=1S/C22H28N2OS/c1-16-9-10-20(17(2)13-16)26-14-18-7-5-8-19(23-18)21(25)24-12-6-11-22(3,4)15-24/h5,7-10,13H,6,11-12,14-15H2,1-4H3. The molecule has 1 aromatic heterocycles. The van der Waals surface area contributed by atoms with Gasteiger partial charge in [0.05, 0.1) is 5.69 Å². The van der Waals surface area contributed by atoms with Crippen molar-refractivity contribution in [3.05, 3.63) is 58.9 Å². The van der Waals surface area contributed by atoms with Crippen LogP contribution >= 0.6 is 11.8 Å². The SMILES string of the molecule is Cc1ccc(SCc2cccc(C(=O)N3CCCC(C)(C)C3)n2)c(C)c1. The lowest BCUT2D eigenvalue weighted by atomic mass is 9.84. The van der Waals surface area contributed by atoms with E-state index in [1.54, 1.807) is 11.8 Å². The number of likely N-dealkylation sites (tertiary alicyclic amines) is 1. The van der Waals surface area contributed by atoms with Crippen LogP contribution in [0.15, 0.2) is 41.3 Å². The number of carbonyl (C=O) groups excluding carboxylic acids is 1. The Morgan fingerprint density at radius 1 is 1.23 bits per heavy atom. The number of nitrogens with zero attached hydrogens (tertiary/aromatic N) is 2. The van der Waals surface area contributed by atoms with Crippen molar-refractivity contribution in [2.75, 3.05) is 13.1 Å². The molecule has 1 saturated heterocycles. The van der Waals surface area contributed by atoms with Gasteiger partial charge >= 0.3 is 0 Å². The molecule has 1 aliphatic heterocycles. The predicted octanol–water partition coefficient (Wildman–Crippen LogP) is 5.25. The molecule has 0 bridgehead atoms. The Kier molecular flexibility index (Phi) is 5.71. The van der Waals surface area contributed by atoms with Gasteiger partial charge in [-0.3, -0.25) is 4.79 Å². The monoisotopic (exact) mass is 368 g/mol. The van der Waals surface area contributed by atoms with Crippen molar-refractivity contribution in [3.8, 4) is 0 Å². The lowest BCUT2D eigenvalue weighted by Crippen LogP contribution is -2.43. The molecule has 3 rings (SSSR count). The zero-order valence-corrected chi connectivity index (χ0v) is 17.0. The summed E-state index contributed by atoms with van der Waals surface area (Å²) in [7, 11) is 0. The predicted molar refractivity (Wildman–Crippen MR) is 109 cm³/mol. The lowest BCUT2D eigenvalue weighted by molar-refractivity contribution is 0.0577. The minimum absolute atomic E-state index is 0.0659. The Bertz CT molecular complexity index is 800. The highest BCUT2D eigenvalue weighted by Crippen LogP contribution is 2.29. The summed E-state index contributed by atoms with van der Waals surface area (Å²) >= 11 is 1.78. The molecule has 1 fully saturated rings. The molecule has 2 aromatic rings. The van der Waals surface area contributed by atoms with Gasteiger partial charge in [-0.15, -0.1) is 11.8 Å². The van der Waals surface area contributed by atoms with Crippen molar-refractivity contribution in [2.45, 2.75) is 51.2 Å². The van der Waals surface area contributed by atoms with Gasteiger partial charge in [0.25, 0.3) is 5.91 Å². The van der Waals surface area contributed by atoms with E-state index in [0.29, 0.717) is 5.69 Å². The molecule has 0 aliphatic carbocycles. The molecular formula is C22H28N2OS. The molecule has 138 valence electrons. The summed E-state index contributed by atoms with van der Waals surface area (Å²) in [4.78, 5) is 20.7. The van der Waals surface area contributed by atoms with Gasteiger partial charge in [0, 0.05) is 23.7 Å². The van der Waals surface area contributed by atoms with Gasteiger partial charge in [0.2, 0.25) is 0 Å². The summed E-state index contributed by atoms with van der Waals surface area (Å²) < 4.78 is 0. The summed E-state index contributed by atoms with van der Waals surface area (Å²) in [5.41, 5.74) is 4.29. The number of thioether (sulfide) groups is 1. The second kappa shape index (κ2) is 7.83. The van der Waals surface area contributed by atoms with Crippen molar-refractivity contribution in [1.29, 1.82) is 0 Å². The third kappa shape index (κ3) is 4.67. The fraction of sp³-hybridized carbons (Fsp3) is 0.455. The van der Waals surface area contributed by atoms with E-state index >= 15 is 0 Å². The number of pyridine rings is 1. The van der Waals surface area contributed by atoms with Gasteiger partial charge in [0.1, 0.15) is 5.69 Å². The molecular weight excluding hydrogens is 340 g/mol. The first kappa shape index (κ1) is 19.0. The first-order chi connectivity index (χ1) is 12.3. The molecule has 3 nitrogen and oxygen atoms in total. The van der Waals surface area contributed by atoms with Crippen molar-refractivity contribution in [3.63, 3.8) is 0 Å². The van der Waals surface area contributed by atoms with Crippen molar-refractivity contribution in [2.24, 2.45) is 5.41 Å². The van der Waals surface area contributed by atoms with E-state index in [9.17, 15) is 4.79 Å². The Morgan fingerprint density at radius 3 is 2.77 bits per heavy atom. The normalized spacial score (nSPS) is 16.5. The second-order valence-electron chi connectivity index (χ2n) is 8.07. The van der Waals surface area contributed by atoms with E-state index in [-0.39, 0.29) is 11.3 Å². The second-order valence-corrected chi connectivity index (χ2v) is 9.08. The Labute approximate surface area is 161 Å².